The van der Waals surface area contributed by atoms with Crippen LogP contribution in [0.5, 0.6) is 0 Å². The molecule has 1 aromatic carbocycles. The van der Waals surface area contributed by atoms with Crippen LogP contribution < -0.4 is 0 Å². The second-order valence-electron chi connectivity index (χ2n) is 3.60. The van der Waals surface area contributed by atoms with Crippen LogP contribution >= 0.6 is 23.3 Å². The van der Waals surface area contributed by atoms with Gasteiger partial charge in [0, 0.05) is 5.56 Å². The van der Waals surface area contributed by atoms with Gasteiger partial charge in [-0.25, -0.2) is 14.4 Å². The molecule has 0 saturated heterocycles. The third-order valence-electron chi connectivity index (χ3n) is 2.53. The van der Waals surface area contributed by atoms with Crippen LogP contribution in [0.4, 0.5) is 4.39 Å². The molecule has 0 aliphatic rings. The number of nitrogens with zero attached hydrogens (tertiary/aromatic N) is 3. The second-order valence-corrected chi connectivity index (χ2v) is 5.17. The Balaban J connectivity index is 2.21. The molecule has 0 unspecified atom stereocenters. The zero-order valence-corrected chi connectivity index (χ0v) is 11.1. The van der Waals surface area contributed by atoms with Gasteiger partial charge in [0.05, 0.1) is 0 Å². The number of thioether (sulfide) groups is 1. The number of benzene rings is 1. The van der Waals surface area contributed by atoms with E-state index in [1.54, 1.807) is 23.9 Å². The van der Waals surface area contributed by atoms with Gasteiger partial charge < -0.3 is 0 Å². The Morgan fingerprint density at radius 3 is 2.67 bits per heavy atom. The van der Waals surface area contributed by atoms with Crippen LogP contribution in [-0.2, 0) is 0 Å². The topological polar surface area (TPSA) is 38.7 Å². The summed E-state index contributed by atoms with van der Waals surface area (Å²) in [4.78, 5) is 8.49. The van der Waals surface area contributed by atoms with Crippen molar-refractivity contribution in [2.24, 2.45) is 0 Å². The minimum atomic E-state index is -0.252. The van der Waals surface area contributed by atoms with E-state index >= 15 is 0 Å². The smallest absolute Gasteiger partial charge is 0.123 e. The molecule has 2 aromatic heterocycles. The fraction of sp³-hybridized carbons (Fsp3) is 0.0833. The number of hydrogen-bond acceptors (Lipinski definition) is 5. The van der Waals surface area contributed by atoms with E-state index in [1.165, 1.54) is 30.0 Å². The molecule has 0 aliphatic carbocycles. The average molecular weight is 277 g/mol. The molecule has 0 amide bonds. The predicted octanol–water partition coefficient (Wildman–Crippen LogP) is 3.61. The summed E-state index contributed by atoms with van der Waals surface area (Å²) < 4.78 is 18.3. The highest BCUT2D eigenvalue weighted by Gasteiger charge is 2.13. The molecule has 0 saturated carbocycles. The maximum Gasteiger partial charge on any atom is 0.123 e. The van der Waals surface area contributed by atoms with E-state index in [1.807, 2.05) is 6.26 Å². The summed E-state index contributed by atoms with van der Waals surface area (Å²) in [5.41, 5.74) is 2.48. The first-order valence-electron chi connectivity index (χ1n) is 5.20. The Morgan fingerprint density at radius 2 is 1.94 bits per heavy atom. The maximum absolute atomic E-state index is 12.9. The summed E-state index contributed by atoms with van der Waals surface area (Å²) in [6.07, 6.45) is 3.51. The van der Waals surface area contributed by atoms with Gasteiger partial charge >= 0.3 is 0 Å². The fourth-order valence-corrected chi connectivity index (χ4v) is 3.22. The highest BCUT2D eigenvalue weighted by molar-refractivity contribution is 7.98. The van der Waals surface area contributed by atoms with Crippen molar-refractivity contribution in [2.75, 3.05) is 6.26 Å². The van der Waals surface area contributed by atoms with E-state index in [4.69, 9.17) is 0 Å². The standard InChI is InChI=1S/C12H8FN3S2/c1-17-12-11-10(14-6-15-12)9(16-18-11)7-2-4-8(13)5-3-7/h2-6H,1H3. The Bertz CT molecular complexity index is 694. The van der Waals surface area contributed by atoms with Crippen LogP contribution in [-0.4, -0.2) is 20.6 Å². The molecule has 0 radical (unpaired) electrons. The Hall–Kier alpha value is -1.53. The Labute approximate surface area is 111 Å². The van der Waals surface area contributed by atoms with Crippen molar-refractivity contribution in [2.45, 2.75) is 5.03 Å². The van der Waals surface area contributed by atoms with E-state index < -0.39 is 0 Å². The SMILES string of the molecule is CSc1ncnc2c(-c3ccc(F)cc3)nsc12. The minimum absolute atomic E-state index is 0.252. The largest absolute Gasteiger partial charge is 0.233 e. The van der Waals surface area contributed by atoms with Crippen LogP contribution in [0, 0.1) is 5.82 Å². The highest BCUT2D eigenvalue weighted by atomic mass is 32.2. The number of halogens is 1. The van der Waals surface area contributed by atoms with Crippen LogP contribution in [0.25, 0.3) is 21.5 Å². The molecular formula is C12H8FN3S2. The first-order valence-corrected chi connectivity index (χ1v) is 7.19. The van der Waals surface area contributed by atoms with Gasteiger partial charge in [-0.2, -0.15) is 4.37 Å². The van der Waals surface area contributed by atoms with Gasteiger partial charge in [0.2, 0.25) is 0 Å². The second kappa shape index (κ2) is 4.62. The molecule has 2 heterocycles. The molecule has 3 nitrogen and oxygen atoms in total. The van der Waals surface area contributed by atoms with Gasteiger partial charge in [0.15, 0.2) is 0 Å². The van der Waals surface area contributed by atoms with Gasteiger partial charge in [0.1, 0.15) is 33.1 Å². The number of aromatic nitrogens is 3. The zero-order valence-electron chi connectivity index (χ0n) is 9.42. The number of rotatable bonds is 2. The van der Waals surface area contributed by atoms with E-state index in [2.05, 4.69) is 14.3 Å². The molecule has 3 aromatic rings. The summed E-state index contributed by atoms with van der Waals surface area (Å²) >= 11 is 2.94. The molecule has 90 valence electrons. The van der Waals surface area contributed by atoms with E-state index in [0.717, 1.165) is 26.5 Å². The van der Waals surface area contributed by atoms with Gasteiger partial charge in [-0.05, 0) is 42.1 Å². The molecular weight excluding hydrogens is 269 g/mol. The van der Waals surface area contributed by atoms with Crippen LogP contribution in [0.2, 0.25) is 0 Å². The lowest BCUT2D eigenvalue weighted by Crippen LogP contribution is -1.85. The third kappa shape index (κ3) is 1.87. The van der Waals surface area contributed by atoms with Gasteiger partial charge in [-0.3, -0.25) is 0 Å². The van der Waals surface area contributed by atoms with Crippen molar-refractivity contribution in [3.05, 3.63) is 36.4 Å². The molecule has 0 spiro atoms. The summed E-state index contributed by atoms with van der Waals surface area (Å²) in [6.45, 7) is 0. The third-order valence-corrected chi connectivity index (χ3v) is 4.20. The predicted molar refractivity (Wildman–Crippen MR) is 72.4 cm³/mol. The van der Waals surface area contributed by atoms with Crippen molar-refractivity contribution in [1.82, 2.24) is 14.3 Å². The van der Waals surface area contributed by atoms with Crippen molar-refractivity contribution in [1.29, 1.82) is 0 Å². The molecule has 0 aliphatic heterocycles. The van der Waals surface area contributed by atoms with E-state index in [9.17, 15) is 4.39 Å². The molecule has 0 atom stereocenters. The quantitative estimate of drug-likeness (QED) is 0.530. The van der Waals surface area contributed by atoms with E-state index in [-0.39, 0.29) is 5.82 Å². The normalized spacial score (nSPS) is 11.0. The van der Waals surface area contributed by atoms with E-state index in [0.29, 0.717) is 0 Å². The lowest BCUT2D eigenvalue weighted by Gasteiger charge is -1.98. The molecule has 0 bridgehead atoms. The number of fused-ring (bicyclic) bond motifs is 1. The lowest BCUT2D eigenvalue weighted by atomic mass is 10.1. The monoisotopic (exact) mass is 277 g/mol. The summed E-state index contributed by atoms with van der Waals surface area (Å²) in [7, 11) is 0. The minimum Gasteiger partial charge on any atom is -0.233 e. The summed E-state index contributed by atoms with van der Waals surface area (Å²) in [5.74, 6) is -0.252. The Kier molecular flexibility index (Phi) is 2.97. The highest BCUT2D eigenvalue weighted by Crippen LogP contribution is 2.33. The summed E-state index contributed by atoms with van der Waals surface area (Å²) in [6, 6.07) is 6.28. The first-order chi connectivity index (χ1) is 8.79. The molecule has 0 N–H and O–H groups in total. The number of hydrogen-bond donors (Lipinski definition) is 0. The maximum atomic E-state index is 12.9. The molecule has 18 heavy (non-hydrogen) atoms. The zero-order chi connectivity index (χ0) is 12.5. The first kappa shape index (κ1) is 11.6. The molecule has 0 fully saturated rings. The van der Waals surface area contributed by atoms with Crippen molar-refractivity contribution < 1.29 is 4.39 Å². The van der Waals surface area contributed by atoms with Crippen LogP contribution in [0.3, 0.4) is 0 Å². The average Bonchev–Trinajstić information content (AvgIpc) is 2.83. The van der Waals surface area contributed by atoms with Crippen LogP contribution in [0.15, 0.2) is 35.6 Å². The lowest BCUT2D eigenvalue weighted by molar-refractivity contribution is 0.628. The summed E-state index contributed by atoms with van der Waals surface area (Å²) in [5, 5.41) is 0.922. The van der Waals surface area contributed by atoms with Gasteiger partial charge in [-0.1, -0.05) is 0 Å². The van der Waals surface area contributed by atoms with Crippen molar-refractivity contribution in [3.8, 4) is 11.3 Å². The molecule has 3 rings (SSSR count). The van der Waals surface area contributed by atoms with Crippen LogP contribution in [0.1, 0.15) is 0 Å². The van der Waals surface area contributed by atoms with Gasteiger partial charge in [0.25, 0.3) is 0 Å². The Morgan fingerprint density at radius 1 is 1.17 bits per heavy atom. The fourth-order valence-electron chi connectivity index (χ4n) is 1.69. The molecule has 6 heteroatoms. The van der Waals surface area contributed by atoms with Gasteiger partial charge in [-0.15, -0.1) is 11.8 Å². The van der Waals surface area contributed by atoms with Crippen molar-refractivity contribution in [3.63, 3.8) is 0 Å². The van der Waals surface area contributed by atoms with Crippen molar-refractivity contribution >= 4 is 33.5 Å².